The molecule has 0 saturated heterocycles. The van der Waals surface area contributed by atoms with E-state index in [1.807, 2.05) is 54.6 Å². The third-order valence-corrected chi connectivity index (χ3v) is 6.56. The van der Waals surface area contributed by atoms with Crippen molar-refractivity contribution in [3.05, 3.63) is 88.2 Å². The standard InChI is InChI=1S/C26H23N3O5S/c1-32-19-9-6-17(7-10-19)13-27-24(30)15-35-26-28-21-5-3-2-4-20(21)25(31)29(26)14-18-8-11-22-23(12-18)34-16-33-22/h2-12H,13-16H2,1H3,(H,27,30). The average molecular weight is 490 g/mol. The van der Waals surface area contributed by atoms with Gasteiger partial charge in [-0.3, -0.25) is 14.2 Å². The van der Waals surface area contributed by atoms with Gasteiger partial charge >= 0.3 is 0 Å². The summed E-state index contributed by atoms with van der Waals surface area (Å²) in [6.07, 6.45) is 0. The third-order valence-electron chi connectivity index (χ3n) is 5.59. The number of hydrogen-bond acceptors (Lipinski definition) is 7. The van der Waals surface area contributed by atoms with E-state index in [2.05, 4.69) is 5.32 Å². The van der Waals surface area contributed by atoms with E-state index in [1.165, 1.54) is 11.8 Å². The summed E-state index contributed by atoms with van der Waals surface area (Å²) < 4.78 is 17.6. The van der Waals surface area contributed by atoms with E-state index in [-0.39, 0.29) is 24.0 Å². The Morgan fingerprint density at radius 1 is 1.06 bits per heavy atom. The van der Waals surface area contributed by atoms with Crippen LogP contribution in [0.5, 0.6) is 17.2 Å². The highest BCUT2D eigenvalue weighted by atomic mass is 32.2. The Bertz CT molecular complexity index is 1440. The topological polar surface area (TPSA) is 91.7 Å². The van der Waals surface area contributed by atoms with Gasteiger partial charge in [0.1, 0.15) is 5.75 Å². The molecule has 0 atom stereocenters. The number of thioether (sulfide) groups is 1. The predicted molar refractivity (Wildman–Crippen MR) is 133 cm³/mol. The first-order valence-corrected chi connectivity index (χ1v) is 12.0. The maximum absolute atomic E-state index is 13.3. The van der Waals surface area contributed by atoms with Crippen molar-refractivity contribution in [2.45, 2.75) is 18.2 Å². The molecule has 9 heteroatoms. The molecular weight excluding hydrogens is 466 g/mol. The Balaban J connectivity index is 1.34. The smallest absolute Gasteiger partial charge is 0.262 e. The van der Waals surface area contributed by atoms with E-state index in [4.69, 9.17) is 19.2 Å². The number of nitrogens with one attached hydrogen (secondary N) is 1. The Kier molecular flexibility index (Phi) is 6.58. The second kappa shape index (κ2) is 10.1. The predicted octanol–water partition coefficient (Wildman–Crippen LogP) is 3.59. The fraction of sp³-hybridized carbons (Fsp3) is 0.192. The van der Waals surface area contributed by atoms with Gasteiger partial charge in [-0.25, -0.2) is 4.98 Å². The van der Waals surface area contributed by atoms with Crippen LogP contribution in [-0.4, -0.2) is 35.1 Å². The average Bonchev–Trinajstić information content (AvgIpc) is 3.36. The van der Waals surface area contributed by atoms with E-state index >= 15 is 0 Å². The summed E-state index contributed by atoms with van der Waals surface area (Å²) >= 11 is 1.23. The lowest BCUT2D eigenvalue weighted by Crippen LogP contribution is -2.27. The lowest BCUT2D eigenvalue weighted by molar-refractivity contribution is -0.118. The molecule has 1 amide bonds. The van der Waals surface area contributed by atoms with Crippen LogP contribution in [-0.2, 0) is 17.9 Å². The molecule has 4 aromatic rings. The number of nitrogens with zero attached hydrogens (tertiary/aromatic N) is 2. The number of amides is 1. The van der Waals surface area contributed by atoms with Crippen LogP contribution < -0.4 is 25.1 Å². The number of fused-ring (bicyclic) bond motifs is 2. The molecule has 1 aliphatic rings. The lowest BCUT2D eigenvalue weighted by Gasteiger charge is -2.14. The first-order chi connectivity index (χ1) is 17.1. The zero-order valence-electron chi connectivity index (χ0n) is 19.0. The van der Waals surface area contributed by atoms with Gasteiger partial charge < -0.3 is 19.5 Å². The summed E-state index contributed by atoms with van der Waals surface area (Å²) in [5.74, 6) is 2.07. The zero-order chi connectivity index (χ0) is 24.2. The molecule has 178 valence electrons. The number of ether oxygens (including phenoxy) is 3. The van der Waals surface area contributed by atoms with E-state index in [0.717, 1.165) is 16.9 Å². The quantitative estimate of drug-likeness (QED) is 0.299. The highest BCUT2D eigenvalue weighted by Crippen LogP contribution is 2.33. The Morgan fingerprint density at radius 3 is 2.66 bits per heavy atom. The van der Waals surface area contributed by atoms with Crippen LogP contribution in [0.4, 0.5) is 0 Å². The van der Waals surface area contributed by atoms with Crippen LogP contribution >= 0.6 is 11.8 Å². The SMILES string of the molecule is COc1ccc(CNC(=O)CSc2nc3ccccc3c(=O)n2Cc2ccc3c(c2)OCO3)cc1. The van der Waals surface area contributed by atoms with Crippen molar-refractivity contribution in [3.8, 4) is 17.2 Å². The molecule has 1 aromatic heterocycles. The molecule has 0 fully saturated rings. The largest absolute Gasteiger partial charge is 0.497 e. The number of methoxy groups -OCH3 is 1. The monoisotopic (exact) mass is 489 g/mol. The summed E-state index contributed by atoms with van der Waals surface area (Å²) in [5.41, 5.74) is 2.28. The normalized spacial score (nSPS) is 12.0. The molecule has 1 N–H and O–H groups in total. The Labute approximate surface area is 205 Å². The fourth-order valence-corrected chi connectivity index (χ4v) is 4.57. The Morgan fingerprint density at radius 2 is 1.83 bits per heavy atom. The summed E-state index contributed by atoms with van der Waals surface area (Å²) in [4.78, 5) is 30.6. The van der Waals surface area contributed by atoms with Crippen molar-refractivity contribution in [3.63, 3.8) is 0 Å². The first-order valence-electron chi connectivity index (χ1n) is 11.0. The van der Waals surface area contributed by atoms with E-state index in [9.17, 15) is 9.59 Å². The van der Waals surface area contributed by atoms with Crippen LogP contribution in [0.3, 0.4) is 0 Å². The molecule has 0 spiro atoms. The molecule has 0 radical (unpaired) electrons. The third kappa shape index (κ3) is 5.09. The van der Waals surface area contributed by atoms with Gasteiger partial charge in [0.2, 0.25) is 12.7 Å². The number of hydrogen-bond donors (Lipinski definition) is 1. The first kappa shape index (κ1) is 22.8. The minimum atomic E-state index is -0.158. The van der Waals surface area contributed by atoms with Crippen LogP contribution in [0.15, 0.2) is 76.7 Å². The maximum atomic E-state index is 13.3. The number of benzene rings is 3. The van der Waals surface area contributed by atoms with Crippen LogP contribution in [0.25, 0.3) is 10.9 Å². The molecule has 35 heavy (non-hydrogen) atoms. The van der Waals surface area contributed by atoms with Crippen LogP contribution in [0.2, 0.25) is 0 Å². The van der Waals surface area contributed by atoms with E-state index < -0.39 is 0 Å². The fourth-order valence-electron chi connectivity index (χ4n) is 3.74. The number of aromatic nitrogens is 2. The van der Waals surface area contributed by atoms with E-state index in [0.29, 0.717) is 40.6 Å². The highest BCUT2D eigenvalue weighted by molar-refractivity contribution is 7.99. The van der Waals surface area contributed by atoms with Gasteiger partial charge in [0, 0.05) is 6.54 Å². The van der Waals surface area contributed by atoms with Gasteiger partial charge in [0.25, 0.3) is 5.56 Å². The number of rotatable bonds is 8. The number of carbonyl (C=O) groups excluding carboxylic acids is 1. The molecule has 0 bridgehead atoms. The van der Waals surface area contributed by atoms with Crippen molar-refractivity contribution in [2.75, 3.05) is 19.7 Å². The molecule has 1 aliphatic heterocycles. The van der Waals surface area contributed by atoms with Crippen molar-refractivity contribution < 1.29 is 19.0 Å². The van der Waals surface area contributed by atoms with Crippen molar-refractivity contribution in [1.29, 1.82) is 0 Å². The second-order valence-electron chi connectivity index (χ2n) is 7.90. The van der Waals surface area contributed by atoms with Crippen LogP contribution in [0.1, 0.15) is 11.1 Å². The number of para-hydroxylation sites is 1. The summed E-state index contributed by atoms with van der Waals surface area (Å²) in [7, 11) is 1.61. The van der Waals surface area contributed by atoms with Gasteiger partial charge in [-0.1, -0.05) is 42.1 Å². The molecule has 0 saturated carbocycles. The molecule has 0 aliphatic carbocycles. The van der Waals surface area contributed by atoms with Gasteiger partial charge in [0.15, 0.2) is 16.7 Å². The molecule has 3 aromatic carbocycles. The zero-order valence-corrected chi connectivity index (χ0v) is 19.8. The minimum absolute atomic E-state index is 0.127. The van der Waals surface area contributed by atoms with Gasteiger partial charge in [-0.15, -0.1) is 0 Å². The summed E-state index contributed by atoms with van der Waals surface area (Å²) in [6.45, 7) is 0.880. The van der Waals surface area contributed by atoms with Gasteiger partial charge in [-0.2, -0.15) is 0 Å². The van der Waals surface area contributed by atoms with Crippen molar-refractivity contribution >= 4 is 28.6 Å². The molecule has 0 unspecified atom stereocenters. The van der Waals surface area contributed by atoms with Gasteiger partial charge in [-0.05, 0) is 47.5 Å². The van der Waals surface area contributed by atoms with Crippen LogP contribution in [0, 0.1) is 0 Å². The van der Waals surface area contributed by atoms with Crippen molar-refractivity contribution in [1.82, 2.24) is 14.9 Å². The Hall–Kier alpha value is -3.98. The summed E-state index contributed by atoms with van der Waals surface area (Å²) in [5, 5.41) is 3.92. The minimum Gasteiger partial charge on any atom is -0.497 e. The second-order valence-corrected chi connectivity index (χ2v) is 8.85. The molecule has 8 nitrogen and oxygen atoms in total. The lowest BCUT2D eigenvalue weighted by atomic mass is 10.2. The molecule has 2 heterocycles. The van der Waals surface area contributed by atoms with E-state index in [1.54, 1.807) is 23.8 Å². The molecular formula is C26H23N3O5S. The van der Waals surface area contributed by atoms with Gasteiger partial charge in [0.05, 0.1) is 30.3 Å². The summed E-state index contributed by atoms with van der Waals surface area (Å²) in [6, 6.07) is 20.3. The number of carbonyl (C=O) groups is 1. The highest BCUT2D eigenvalue weighted by Gasteiger charge is 2.17. The van der Waals surface area contributed by atoms with Crippen molar-refractivity contribution in [2.24, 2.45) is 0 Å². The maximum Gasteiger partial charge on any atom is 0.262 e. The molecule has 5 rings (SSSR count).